The van der Waals surface area contributed by atoms with Crippen LogP contribution in [-0.2, 0) is 20.7 Å². The number of ether oxygens (including phenoxy) is 1. The lowest BCUT2D eigenvalue weighted by Crippen LogP contribution is -2.45. The molecular weight excluding hydrogens is 323 g/mol. The minimum atomic E-state index is -4.98. The first-order valence-corrected chi connectivity index (χ1v) is 7.38. The van der Waals surface area contributed by atoms with Crippen LogP contribution in [0.4, 0.5) is 13.2 Å². The molecule has 1 N–H and O–H groups in total. The predicted molar refractivity (Wildman–Crippen MR) is 83.1 cm³/mol. The highest BCUT2D eigenvalue weighted by Crippen LogP contribution is 2.20. The van der Waals surface area contributed by atoms with E-state index in [0.29, 0.717) is 0 Å². The molecule has 0 aliphatic heterocycles. The Labute approximate surface area is 138 Å². The zero-order valence-electron chi connectivity index (χ0n) is 13.3. The number of carbonyl (C=O) groups is 2. The molecule has 0 radical (unpaired) electrons. The van der Waals surface area contributed by atoms with Crippen LogP contribution in [0.15, 0.2) is 43.0 Å². The largest absolute Gasteiger partial charge is 0.471 e. The van der Waals surface area contributed by atoms with E-state index in [1.807, 2.05) is 5.32 Å². The lowest BCUT2D eigenvalue weighted by Gasteiger charge is -2.23. The van der Waals surface area contributed by atoms with Crippen molar-refractivity contribution in [3.8, 4) is 0 Å². The van der Waals surface area contributed by atoms with Crippen molar-refractivity contribution in [1.29, 1.82) is 0 Å². The van der Waals surface area contributed by atoms with Crippen molar-refractivity contribution >= 4 is 11.9 Å². The van der Waals surface area contributed by atoms with Crippen LogP contribution in [0.5, 0.6) is 0 Å². The number of allylic oxidation sites excluding steroid dienone is 1. The molecule has 0 saturated heterocycles. The van der Waals surface area contributed by atoms with Gasteiger partial charge in [0.25, 0.3) is 0 Å². The molecule has 0 spiro atoms. The number of nitrogens with one attached hydrogen (secondary N) is 1. The Balaban J connectivity index is 2.92. The summed E-state index contributed by atoms with van der Waals surface area (Å²) in [5.74, 6) is -3.24. The third-order valence-corrected chi connectivity index (χ3v) is 3.47. The molecule has 0 bridgehead atoms. The summed E-state index contributed by atoms with van der Waals surface area (Å²) in [5, 5.41) is 1.97. The van der Waals surface area contributed by atoms with Crippen molar-refractivity contribution in [2.24, 2.45) is 5.92 Å². The highest BCUT2D eigenvalue weighted by Gasteiger charge is 2.40. The molecule has 0 aromatic heterocycles. The summed E-state index contributed by atoms with van der Waals surface area (Å²) in [4.78, 5) is 23.0. The van der Waals surface area contributed by atoms with Gasteiger partial charge in [0.1, 0.15) is 0 Å². The quantitative estimate of drug-likeness (QED) is 0.583. The molecule has 4 nitrogen and oxygen atoms in total. The summed E-state index contributed by atoms with van der Waals surface area (Å²) in [7, 11) is 1.21. The maximum atomic E-state index is 12.5. The van der Waals surface area contributed by atoms with E-state index in [0.717, 1.165) is 5.56 Å². The molecular formula is C17H20F3NO3. The third-order valence-electron chi connectivity index (χ3n) is 3.47. The monoisotopic (exact) mass is 343 g/mol. The van der Waals surface area contributed by atoms with E-state index in [4.69, 9.17) is 0 Å². The van der Waals surface area contributed by atoms with Crippen LogP contribution in [-0.4, -0.2) is 31.2 Å². The standard InChI is InChI=1S/C17H20F3NO3/c1-3-7-13(15(22)24-2)11-14(21-16(23)17(18,19)20)10-12-8-5-4-6-9-12/h3-6,8-9,13-14H,1,7,10-11H2,2H3,(H,21,23)/t13-,14-/m0/s1. The molecule has 0 unspecified atom stereocenters. The first-order valence-electron chi connectivity index (χ1n) is 7.38. The third kappa shape index (κ3) is 6.44. The Morgan fingerprint density at radius 3 is 2.42 bits per heavy atom. The molecule has 2 atom stereocenters. The number of rotatable bonds is 8. The van der Waals surface area contributed by atoms with Crippen LogP contribution in [0.3, 0.4) is 0 Å². The molecule has 0 aliphatic carbocycles. The number of hydrogen-bond donors (Lipinski definition) is 1. The van der Waals surface area contributed by atoms with Crippen LogP contribution >= 0.6 is 0 Å². The Morgan fingerprint density at radius 2 is 1.92 bits per heavy atom. The number of hydrogen-bond acceptors (Lipinski definition) is 3. The Hall–Kier alpha value is -2.31. The molecule has 7 heteroatoms. The minimum Gasteiger partial charge on any atom is -0.469 e. The van der Waals surface area contributed by atoms with E-state index in [1.165, 1.54) is 13.2 Å². The van der Waals surface area contributed by atoms with Gasteiger partial charge in [-0.3, -0.25) is 9.59 Å². The first kappa shape index (κ1) is 19.7. The van der Waals surface area contributed by atoms with Crippen molar-refractivity contribution in [3.63, 3.8) is 0 Å². The molecule has 1 amide bonds. The van der Waals surface area contributed by atoms with Gasteiger partial charge in [-0.25, -0.2) is 0 Å². The fourth-order valence-corrected chi connectivity index (χ4v) is 2.36. The SMILES string of the molecule is C=CC[C@@H](C[C@H](Cc1ccccc1)NC(=O)C(F)(F)F)C(=O)OC. The highest BCUT2D eigenvalue weighted by atomic mass is 19.4. The van der Waals surface area contributed by atoms with Gasteiger partial charge < -0.3 is 10.1 Å². The molecule has 1 aromatic rings. The van der Waals surface area contributed by atoms with Crippen LogP contribution < -0.4 is 5.32 Å². The lowest BCUT2D eigenvalue weighted by atomic mass is 9.92. The first-order chi connectivity index (χ1) is 11.3. The summed E-state index contributed by atoms with van der Waals surface area (Å²) in [6.07, 6.45) is -3.04. The Bertz CT molecular complexity index is 558. The number of esters is 1. The predicted octanol–water partition coefficient (Wildman–Crippen LogP) is 3.03. The van der Waals surface area contributed by atoms with E-state index >= 15 is 0 Å². The van der Waals surface area contributed by atoms with Gasteiger partial charge in [-0.15, -0.1) is 6.58 Å². The number of amides is 1. The topological polar surface area (TPSA) is 55.4 Å². The van der Waals surface area contributed by atoms with Crippen molar-refractivity contribution in [2.45, 2.75) is 31.5 Å². The molecule has 24 heavy (non-hydrogen) atoms. The van der Waals surface area contributed by atoms with Crippen molar-refractivity contribution in [3.05, 3.63) is 48.6 Å². The second kappa shape index (κ2) is 9.10. The molecule has 132 valence electrons. The Kier molecular flexibility index (Phi) is 7.48. The number of halogens is 3. The van der Waals surface area contributed by atoms with E-state index in [1.54, 1.807) is 30.3 Å². The van der Waals surface area contributed by atoms with Gasteiger partial charge in [-0.05, 0) is 24.8 Å². The van der Waals surface area contributed by atoms with Gasteiger partial charge in [0.2, 0.25) is 0 Å². The average Bonchev–Trinajstić information content (AvgIpc) is 2.53. The van der Waals surface area contributed by atoms with E-state index < -0.39 is 30.0 Å². The maximum absolute atomic E-state index is 12.5. The normalized spacial score (nSPS) is 13.7. The second-order valence-corrected chi connectivity index (χ2v) is 5.34. The van der Waals surface area contributed by atoms with Gasteiger partial charge in [-0.1, -0.05) is 36.4 Å². The smallest absolute Gasteiger partial charge is 0.469 e. The maximum Gasteiger partial charge on any atom is 0.471 e. The summed E-state index contributed by atoms with van der Waals surface area (Å²) in [6.45, 7) is 3.53. The van der Waals surface area contributed by atoms with E-state index in [9.17, 15) is 22.8 Å². The fraction of sp³-hybridized carbons (Fsp3) is 0.412. The summed E-state index contributed by atoms with van der Waals surface area (Å²) in [6, 6.07) is 7.91. The van der Waals surface area contributed by atoms with Crippen LogP contribution in [0.1, 0.15) is 18.4 Å². The summed E-state index contributed by atoms with van der Waals surface area (Å²) >= 11 is 0. The number of benzene rings is 1. The summed E-state index contributed by atoms with van der Waals surface area (Å²) < 4.78 is 42.3. The fourth-order valence-electron chi connectivity index (χ4n) is 2.36. The van der Waals surface area contributed by atoms with Gasteiger partial charge in [0.05, 0.1) is 13.0 Å². The zero-order valence-corrected chi connectivity index (χ0v) is 13.3. The van der Waals surface area contributed by atoms with E-state index in [2.05, 4.69) is 11.3 Å². The molecule has 0 heterocycles. The van der Waals surface area contributed by atoms with Crippen LogP contribution in [0.25, 0.3) is 0 Å². The highest BCUT2D eigenvalue weighted by molar-refractivity contribution is 5.82. The minimum absolute atomic E-state index is 0.0232. The molecule has 1 rings (SSSR count). The van der Waals surface area contributed by atoms with Gasteiger partial charge in [-0.2, -0.15) is 13.2 Å². The molecule has 0 saturated carbocycles. The zero-order chi connectivity index (χ0) is 18.2. The summed E-state index contributed by atoms with van der Waals surface area (Å²) in [5.41, 5.74) is 0.757. The Morgan fingerprint density at radius 1 is 1.29 bits per heavy atom. The van der Waals surface area contributed by atoms with Gasteiger partial charge in [0, 0.05) is 6.04 Å². The number of alkyl halides is 3. The lowest BCUT2D eigenvalue weighted by molar-refractivity contribution is -0.174. The second-order valence-electron chi connectivity index (χ2n) is 5.34. The number of carbonyl (C=O) groups excluding carboxylic acids is 2. The average molecular weight is 343 g/mol. The van der Waals surface area contributed by atoms with Crippen molar-refractivity contribution < 1.29 is 27.5 Å². The molecule has 1 aromatic carbocycles. The van der Waals surface area contributed by atoms with Crippen LogP contribution in [0, 0.1) is 5.92 Å². The van der Waals surface area contributed by atoms with Gasteiger partial charge in [0.15, 0.2) is 0 Å². The van der Waals surface area contributed by atoms with Crippen LogP contribution in [0.2, 0.25) is 0 Å². The number of methoxy groups -OCH3 is 1. The molecule has 0 fully saturated rings. The van der Waals surface area contributed by atoms with Crippen molar-refractivity contribution in [2.75, 3.05) is 7.11 Å². The van der Waals surface area contributed by atoms with Crippen molar-refractivity contribution in [1.82, 2.24) is 5.32 Å². The van der Waals surface area contributed by atoms with E-state index in [-0.39, 0.29) is 19.3 Å². The van der Waals surface area contributed by atoms with Gasteiger partial charge >= 0.3 is 18.1 Å². The molecule has 0 aliphatic rings.